The maximum atomic E-state index is 12.0. The normalized spacial score (nSPS) is 11.9. The van der Waals surface area contributed by atoms with Crippen LogP contribution in [0.4, 0.5) is 0 Å². The van der Waals surface area contributed by atoms with Crippen LogP contribution < -0.4 is 5.32 Å². The van der Waals surface area contributed by atoms with Gasteiger partial charge in [0.1, 0.15) is 0 Å². The Morgan fingerprint density at radius 1 is 1.12 bits per heavy atom. The van der Waals surface area contributed by atoms with E-state index in [0.29, 0.717) is 13.0 Å². The van der Waals surface area contributed by atoms with Crippen LogP contribution in [0.5, 0.6) is 0 Å². The van der Waals surface area contributed by atoms with E-state index in [1.807, 2.05) is 54.6 Å². The van der Waals surface area contributed by atoms with E-state index in [-0.39, 0.29) is 12.3 Å². The van der Waals surface area contributed by atoms with Gasteiger partial charge in [0.15, 0.2) is 6.10 Å². The Morgan fingerprint density at radius 3 is 2.62 bits per heavy atom. The van der Waals surface area contributed by atoms with Crippen molar-refractivity contribution in [3.63, 3.8) is 0 Å². The lowest BCUT2D eigenvalue weighted by Crippen LogP contribution is -2.35. The Labute approximate surface area is 156 Å². The second-order valence-electron chi connectivity index (χ2n) is 5.91. The summed E-state index contributed by atoms with van der Waals surface area (Å²) in [5.74, 6) is -0.700. The van der Waals surface area contributed by atoms with Crippen LogP contribution in [0.3, 0.4) is 0 Å². The zero-order valence-electron chi connectivity index (χ0n) is 14.5. The molecule has 3 rings (SSSR count). The van der Waals surface area contributed by atoms with Crippen molar-refractivity contribution in [3.05, 3.63) is 65.2 Å². The molecule has 1 atom stereocenters. The van der Waals surface area contributed by atoms with Gasteiger partial charge in [-0.15, -0.1) is 11.3 Å². The second-order valence-corrected chi connectivity index (χ2v) is 7.03. The molecule has 134 valence electrons. The molecule has 0 saturated carbocycles. The summed E-state index contributed by atoms with van der Waals surface area (Å²) < 4.78 is 6.32. The van der Waals surface area contributed by atoms with E-state index in [2.05, 4.69) is 10.3 Å². The van der Waals surface area contributed by atoms with E-state index in [1.54, 1.807) is 18.3 Å². The zero-order valence-corrected chi connectivity index (χ0v) is 15.3. The van der Waals surface area contributed by atoms with Gasteiger partial charge in [-0.2, -0.15) is 0 Å². The summed E-state index contributed by atoms with van der Waals surface area (Å²) in [4.78, 5) is 28.5. The fourth-order valence-corrected chi connectivity index (χ4v) is 3.44. The highest BCUT2D eigenvalue weighted by Crippen LogP contribution is 2.22. The molecule has 26 heavy (non-hydrogen) atoms. The van der Waals surface area contributed by atoms with E-state index >= 15 is 0 Å². The van der Waals surface area contributed by atoms with E-state index in [1.165, 1.54) is 0 Å². The Bertz CT molecular complexity index is 859. The van der Waals surface area contributed by atoms with Crippen LogP contribution in [0.15, 0.2) is 54.6 Å². The number of amides is 1. The van der Waals surface area contributed by atoms with Gasteiger partial charge in [-0.1, -0.05) is 42.5 Å². The number of thiazole rings is 1. The molecule has 0 bridgehead atoms. The molecule has 0 fully saturated rings. The molecular formula is C20H20N2O3S. The van der Waals surface area contributed by atoms with E-state index in [4.69, 9.17) is 4.74 Å². The summed E-state index contributed by atoms with van der Waals surface area (Å²) in [6.07, 6.45) is -0.103. The van der Waals surface area contributed by atoms with E-state index in [9.17, 15) is 9.59 Å². The van der Waals surface area contributed by atoms with Gasteiger partial charge in [0.05, 0.1) is 21.6 Å². The van der Waals surface area contributed by atoms with Crippen molar-refractivity contribution < 1.29 is 14.3 Å². The highest BCUT2D eigenvalue weighted by atomic mass is 32.1. The Kier molecular flexibility index (Phi) is 5.96. The number of rotatable bonds is 7. The molecule has 0 aliphatic rings. The molecule has 0 aliphatic carbocycles. The number of para-hydroxylation sites is 1. The highest BCUT2D eigenvalue weighted by molar-refractivity contribution is 7.18. The molecule has 0 saturated heterocycles. The largest absolute Gasteiger partial charge is 0.453 e. The lowest BCUT2D eigenvalue weighted by atomic mass is 10.2. The number of hydrogen-bond acceptors (Lipinski definition) is 5. The van der Waals surface area contributed by atoms with Crippen molar-refractivity contribution in [2.45, 2.75) is 32.4 Å². The first-order valence-electron chi connectivity index (χ1n) is 8.47. The number of carbonyl (C=O) groups excluding carboxylic acids is 2. The van der Waals surface area contributed by atoms with Gasteiger partial charge in [0.2, 0.25) is 0 Å². The van der Waals surface area contributed by atoms with E-state index in [0.717, 1.165) is 20.8 Å². The van der Waals surface area contributed by atoms with Crippen LogP contribution in [0, 0.1) is 0 Å². The maximum absolute atomic E-state index is 12.0. The van der Waals surface area contributed by atoms with Crippen LogP contribution in [-0.4, -0.2) is 23.0 Å². The Hall–Kier alpha value is -2.73. The van der Waals surface area contributed by atoms with Crippen molar-refractivity contribution >= 4 is 33.4 Å². The molecule has 1 aromatic heterocycles. The number of esters is 1. The summed E-state index contributed by atoms with van der Waals surface area (Å²) in [5.41, 5.74) is 1.93. The predicted octanol–water partition coefficient (Wildman–Crippen LogP) is 3.48. The minimum Gasteiger partial charge on any atom is -0.453 e. The number of ether oxygens (including phenoxy) is 1. The lowest BCUT2D eigenvalue weighted by molar-refractivity contribution is -0.154. The maximum Gasteiger partial charge on any atom is 0.306 e. The average Bonchev–Trinajstić information content (AvgIpc) is 3.08. The summed E-state index contributed by atoms with van der Waals surface area (Å²) >= 11 is 1.57. The average molecular weight is 368 g/mol. The first-order valence-corrected chi connectivity index (χ1v) is 9.29. The van der Waals surface area contributed by atoms with Gasteiger partial charge in [-0.3, -0.25) is 9.59 Å². The summed E-state index contributed by atoms with van der Waals surface area (Å²) in [5, 5.41) is 3.66. The SMILES string of the molecule is CC(OC(=O)CCc1nc2ccccc2s1)C(=O)NCc1ccccc1. The van der Waals surface area contributed by atoms with Crippen LogP contribution >= 0.6 is 11.3 Å². The number of hydrogen-bond donors (Lipinski definition) is 1. The molecule has 1 amide bonds. The fraction of sp³-hybridized carbons (Fsp3) is 0.250. The third kappa shape index (κ3) is 4.89. The number of carbonyl (C=O) groups is 2. The standard InChI is InChI=1S/C20H20N2O3S/c1-14(20(24)21-13-15-7-3-2-4-8-15)25-19(23)12-11-18-22-16-9-5-6-10-17(16)26-18/h2-10,14H,11-13H2,1H3,(H,21,24). The van der Waals surface area contributed by atoms with Crippen molar-refractivity contribution in [1.82, 2.24) is 10.3 Å². The molecule has 1 heterocycles. The van der Waals surface area contributed by atoms with Crippen molar-refractivity contribution in [3.8, 4) is 0 Å². The smallest absolute Gasteiger partial charge is 0.306 e. The molecular weight excluding hydrogens is 348 g/mol. The predicted molar refractivity (Wildman–Crippen MR) is 102 cm³/mol. The summed E-state index contributed by atoms with van der Waals surface area (Å²) in [6.45, 7) is 1.99. The quantitative estimate of drug-likeness (QED) is 0.648. The molecule has 2 aromatic carbocycles. The number of benzene rings is 2. The molecule has 1 unspecified atom stereocenters. The minimum atomic E-state index is -0.818. The molecule has 3 aromatic rings. The topological polar surface area (TPSA) is 68.3 Å². The van der Waals surface area contributed by atoms with Gasteiger partial charge in [0.25, 0.3) is 5.91 Å². The molecule has 5 nitrogen and oxygen atoms in total. The van der Waals surface area contributed by atoms with Crippen LogP contribution in [0.1, 0.15) is 23.9 Å². The van der Waals surface area contributed by atoms with Gasteiger partial charge in [-0.25, -0.2) is 4.98 Å². The first kappa shape index (κ1) is 18.1. The monoisotopic (exact) mass is 368 g/mol. The van der Waals surface area contributed by atoms with E-state index < -0.39 is 12.1 Å². The third-order valence-corrected chi connectivity index (χ3v) is 4.96. The summed E-state index contributed by atoms with van der Waals surface area (Å²) in [7, 11) is 0. The zero-order chi connectivity index (χ0) is 18.4. The number of aryl methyl sites for hydroxylation is 1. The molecule has 0 spiro atoms. The van der Waals surface area contributed by atoms with Gasteiger partial charge in [-0.05, 0) is 24.6 Å². The molecule has 0 aliphatic heterocycles. The van der Waals surface area contributed by atoms with Crippen LogP contribution in [-0.2, 0) is 27.3 Å². The highest BCUT2D eigenvalue weighted by Gasteiger charge is 2.17. The number of nitrogens with one attached hydrogen (secondary N) is 1. The Morgan fingerprint density at radius 2 is 1.85 bits per heavy atom. The fourth-order valence-electron chi connectivity index (χ4n) is 2.47. The summed E-state index contributed by atoms with van der Waals surface area (Å²) in [6, 6.07) is 17.5. The molecule has 1 N–H and O–H groups in total. The van der Waals surface area contributed by atoms with Crippen LogP contribution in [0.2, 0.25) is 0 Å². The van der Waals surface area contributed by atoms with Gasteiger partial charge < -0.3 is 10.1 Å². The van der Waals surface area contributed by atoms with Crippen molar-refractivity contribution in [1.29, 1.82) is 0 Å². The van der Waals surface area contributed by atoms with Crippen LogP contribution in [0.25, 0.3) is 10.2 Å². The number of nitrogens with zero attached hydrogens (tertiary/aromatic N) is 1. The van der Waals surface area contributed by atoms with Gasteiger partial charge in [0, 0.05) is 13.0 Å². The Balaban J connectivity index is 1.44. The molecule has 6 heteroatoms. The second kappa shape index (κ2) is 8.58. The first-order chi connectivity index (χ1) is 12.6. The lowest BCUT2D eigenvalue weighted by Gasteiger charge is -2.13. The number of fused-ring (bicyclic) bond motifs is 1. The molecule has 0 radical (unpaired) electrons. The van der Waals surface area contributed by atoms with Crippen molar-refractivity contribution in [2.24, 2.45) is 0 Å². The number of aromatic nitrogens is 1. The van der Waals surface area contributed by atoms with Crippen molar-refractivity contribution in [2.75, 3.05) is 0 Å². The third-order valence-electron chi connectivity index (χ3n) is 3.87. The minimum absolute atomic E-state index is 0.204. The van der Waals surface area contributed by atoms with Gasteiger partial charge >= 0.3 is 5.97 Å².